The van der Waals surface area contributed by atoms with Gasteiger partial charge in [-0.25, -0.2) is 0 Å². The molecule has 1 aromatic rings. The molecule has 1 aliphatic rings. The molecule has 1 aliphatic heterocycles. The van der Waals surface area contributed by atoms with Gasteiger partial charge >= 0.3 is 6.18 Å². The number of ether oxygens (including phenoxy) is 1. The Balaban J connectivity index is 2.03. The molecule has 134 valence electrons. The molecule has 1 fully saturated rings. The third kappa shape index (κ3) is 3.52. The van der Waals surface area contributed by atoms with Crippen LogP contribution in [0, 0.1) is 5.92 Å². The van der Waals surface area contributed by atoms with Crippen molar-refractivity contribution in [3.05, 3.63) is 24.0 Å². The van der Waals surface area contributed by atoms with Gasteiger partial charge in [-0.05, 0) is 31.4 Å². The SMILES string of the molecule is CC1CC(C(=O)Nc2ccc([C@@H](O)CO)nc2)OC1(C)C(F)(F)F. The number of aliphatic hydroxyl groups is 2. The zero-order chi connectivity index (χ0) is 18.1. The van der Waals surface area contributed by atoms with E-state index < -0.39 is 42.4 Å². The average Bonchev–Trinajstić information content (AvgIpc) is 2.84. The number of hydrogen-bond donors (Lipinski definition) is 3. The molecule has 4 atom stereocenters. The summed E-state index contributed by atoms with van der Waals surface area (Å²) in [4.78, 5) is 16.0. The number of amides is 1. The highest BCUT2D eigenvalue weighted by atomic mass is 19.4. The summed E-state index contributed by atoms with van der Waals surface area (Å²) in [6.45, 7) is 1.84. The number of hydrogen-bond acceptors (Lipinski definition) is 5. The van der Waals surface area contributed by atoms with E-state index in [0.29, 0.717) is 0 Å². The van der Waals surface area contributed by atoms with Crippen LogP contribution in [0.5, 0.6) is 0 Å². The van der Waals surface area contributed by atoms with E-state index in [9.17, 15) is 23.1 Å². The number of aliphatic hydroxyl groups excluding tert-OH is 2. The number of pyridine rings is 1. The monoisotopic (exact) mass is 348 g/mol. The second-order valence-corrected chi connectivity index (χ2v) is 6.01. The van der Waals surface area contributed by atoms with Crippen LogP contribution in [0.3, 0.4) is 0 Å². The van der Waals surface area contributed by atoms with Crippen LogP contribution in [-0.4, -0.2) is 45.6 Å². The highest BCUT2D eigenvalue weighted by molar-refractivity contribution is 5.94. The summed E-state index contributed by atoms with van der Waals surface area (Å²) < 4.78 is 44.3. The predicted octanol–water partition coefficient (Wildman–Crippen LogP) is 1.79. The number of nitrogens with zero attached hydrogens (tertiary/aromatic N) is 1. The molecular formula is C15H19F3N2O4. The van der Waals surface area contributed by atoms with E-state index in [1.807, 2.05) is 0 Å². The van der Waals surface area contributed by atoms with Gasteiger partial charge in [0.25, 0.3) is 5.91 Å². The van der Waals surface area contributed by atoms with Crippen molar-refractivity contribution in [3.63, 3.8) is 0 Å². The Bertz CT molecular complexity index is 593. The molecule has 24 heavy (non-hydrogen) atoms. The smallest absolute Gasteiger partial charge is 0.393 e. The zero-order valence-corrected chi connectivity index (χ0v) is 13.2. The molecule has 0 bridgehead atoms. The Labute approximate surface area is 136 Å². The van der Waals surface area contributed by atoms with Crippen LogP contribution in [0.4, 0.5) is 18.9 Å². The summed E-state index contributed by atoms with van der Waals surface area (Å²) in [6.07, 6.45) is -5.72. The van der Waals surface area contributed by atoms with E-state index in [2.05, 4.69) is 10.3 Å². The van der Waals surface area contributed by atoms with Crippen molar-refractivity contribution in [2.24, 2.45) is 5.92 Å². The van der Waals surface area contributed by atoms with Gasteiger partial charge in [0.2, 0.25) is 0 Å². The van der Waals surface area contributed by atoms with Gasteiger partial charge in [-0.1, -0.05) is 6.92 Å². The molecular weight excluding hydrogens is 329 g/mol. The lowest BCUT2D eigenvalue weighted by molar-refractivity contribution is -0.272. The molecule has 2 rings (SSSR count). The standard InChI is InChI=1S/C15H19F3N2O4/c1-8-5-12(24-14(8,2)15(16,17)18)13(23)20-9-3-4-10(19-6-9)11(22)7-21/h3-4,6,8,11-12,21-22H,5,7H2,1-2H3,(H,20,23)/t8?,11-,12?,14?/m0/s1. The fraction of sp³-hybridized carbons (Fsp3) is 0.600. The Morgan fingerprint density at radius 2 is 2.21 bits per heavy atom. The molecule has 3 N–H and O–H groups in total. The summed E-state index contributed by atoms with van der Waals surface area (Å²) in [5, 5.41) is 20.7. The Morgan fingerprint density at radius 1 is 1.54 bits per heavy atom. The molecule has 0 saturated carbocycles. The van der Waals surface area contributed by atoms with E-state index >= 15 is 0 Å². The quantitative estimate of drug-likeness (QED) is 0.772. The first-order chi connectivity index (χ1) is 11.1. The van der Waals surface area contributed by atoms with Crippen molar-refractivity contribution in [1.82, 2.24) is 4.98 Å². The van der Waals surface area contributed by atoms with Gasteiger partial charge in [-0.2, -0.15) is 13.2 Å². The fourth-order valence-electron chi connectivity index (χ4n) is 2.51. The topological polar surface area (TPSA) is 91.7 Å². The molecule has 1 aromatic heterocycles. The van der Waals surface area contributed by atoms with Crippen molar-refractivity contribution in [3.8, 4) is 0 Å². The number of anilines is 1. The number of rotatable bonds is 4. The lowest BCUT2D eigenvalue weighted by Gasteiger charge is -2.30. The minimum atomic E-state index is -4.56. The fourth-order valence-corrected chi connectivity index (χ4v) is 2.51. The van der Waals surface area contributed by atoms with Crippen molar-refractivity contribution in [1.29, 1.82) is 0 Å². The van der Waals surface area contributed by atoms with Crippen molar-refractivity contribution in [2.45, 2.75) is 44.3 Å². The molecule has 9 heteroatoms. The molecule has 1 amide bonds. The number of carbonyl (C=O) groups is 1. The lowest BCUT2D eigenvalue weighted by atomic mass is 9.89. The summed E-state index contributed by atoms with van der Waals surface area (Å²) in [5.74, 6) is -1.54. The molecule has 0 aromatic carbocycles. The van der Waals surface area contributed by atoms with Gasteiger partial charge in [-0.3, -0.25) is 9.78 Å². The van der Waals surface area contributed by atoms with Gasteiger partial charge in [0, 0.05) is 0 Å². The van der Waals surface area contributed by atoms with Crippen LogP contribution >= 0.6 is 0 Å². The van der Waals surface area contributed by atoms with Crippen LogP contribution in [0.25, 0.3) is 0 Å². The highest BCUT2D eigenvalue weighted by Crippen LogP contribution is 2.46. The number of carbonyl (C=O) groups excluding carboxylic acids is 1. The largest absolute Gasteiger partial charge is 0.417 e. The van der Waals surface area contributed by atoms with E-state index in [0.717, 1.165) is 6.92 Å². The van der Waals surface area contributed by atoms with Gasteiger partial charge < -0.3 is 20.3 Å². The first-order valence-corrected chi connectivity index (χ1v) is 7.38. The third-order valence-electron chi connectivity index (χ3n) is 4.32. The maximum atomic E-state index is 13.1. The maximum Gasteiger partial charge on any atom is 0.417 e. The Morgan fingerprint density at radius 3 is 2.67 bits per heavy atom. The first kappa shape index (κ1) is 18.6. The van der Waals surface area contributed by atoms with Gasteiger partial charge in [0.1, 0.15) is 12.2 Å². The molecule has 0 aliphatic carbocycles. The first-order valence-electron chi connectivity index (χ1n) is 7.38. The van der Waals surface area contributed by atoms with Gasteiger partial charge in [0.15, 0.2) is 5.60 Å². The van der Waals surface area contributed by atoms with E-state index in [-0.39, 0.29) is 17.8 Å². The number of alkyl halides is 3. The van der Waals surface area contributed by atoms with E-state index in [4.69, 9.17) is 9.84 Å². The molecule has 2 heterocycles. The van der Waals surface area contributed by atoms with Crippen LogP contribution in [-0.2, 0) is 9.53 Å². The summed E-state index contributed by atoms with van der Waals surface area (Å²) in [5.41, 5.74) is -1.89. The normalized spacial score (nSPS) is 28.6. The molecule has 3 unspecified atom stereocenters. The second-order valence-electron chi connectivity index (χ2n) is 6.01. The number of aromatic nitrogens is 1. The van der Waals surface area contributed by atoms with Crippen molar-refractivity contribution in [2.75, 3.05) is 11.9 Å². The molecule has 0 radical (unpaired) electrons. The predicted molar refractivity (Wildman–Crippen MR) is 78.0 cm³/mol. The lowest BCUT2D eigenvalue weighted by Crippen LogP contribution is -2.47. The van der Waals surface area contributed by atoms with E-state index in [1.54, 1.807) is 0 Å². The van der Waals surface area contributed by atoms with Gasteiger partial charge in [-0.15, -0.1) is 0 Å². The van der Waals surface area contributed by atoms with Crippen molar-refractivity contribution >= 4 is 11.6 Å². The van der Waals surface area contributed by atoms with Gasteiger partial charge in [0.05, 0.1) is 24.2 Å². The Hall–Kier alpha value is -1.71. The molecule has 1 saturated heterocycles. The Kier molecular flexibility index (Phi) is 5.17. The summed E-state index contributed by atoms with van der Waals surface area (Å²) in [6, 6.07) is 2.83. The van der Waals surface area contributed by atoms with Crippen LogP contribution in [0.2, 0.25) is 0 Å². The van der Waals surface area contributed by atoms with Crippen molar-refractivity contribution < 1.29 is 32.9 Å². The van der Waals surface area contributed by atoms with Crippen LogP contribution < -0.4 is 5.32 Å². The molecule has 6 nitrogen and oxygen atoms in total. The third-order valence-corrected chi connectivity index (χ3v) is 4.32. The highest BCUT2D eigenvalue weighted by Gasteiger charge is 2.61. The minimum Gasteiger partial charge on any atom is -0.393 e. The summed E-state index contributed by atoms with van der Waals surface area (Å²) >= 11 is 0. The molecule has 0 spiro atoms. The van der Waals surface area contributed by atoms with Crippen LogP contribution in [0.1, 0.15) is 32.1 Å². The zero-order valence-electron chi connectivity index (χ0n) is 13.2. The summed E-state index contributed by atoms with van der Waals surface area (Å²) in [7, 11) is 0. The minimum absolute atomic E-state index is 0.0451. The average molecular weight is 348 g/mol. The number of halogens is 3. The number of nitrogens with one attached hydrogen (secondary N) is 1. The second kappa shape index (κ2) is 6.66. The van der Waals surface area contributed by atoms with E-state index in [1.165, 1.54) is 25.3 Å². The maximum absolute atomic E-state index is 13.1. The van der Waals surface area contributed by atoms with Crippen LogP contribution in [0.15, 0.2) is 18.3 Å².